The van der Waals surface area contributed by atoms with Crippen molar-refractivity contribution < 1.29 is 9.53 Å². The Morgan fingerprint density at radius 2 is 2.18 bits per heavy atom. The van der Waals surface area contributed by atoms with Gasteiger partial charge in [0.2, 0.25) is 5.91 Å². The standard InChI is InChI=1S/C13H26N2O2/c1-3-17-12-8-11(9-12)15-13(16)5-4-10(2)6-7-14/h10-12H,3-9,14H2,1-2H3,(H,15,16). The van der Waals surface area contributed by atoms with Gasteiger partial charge in [-0.3, -0.25) is 4.79 Å². The van der Waals surface area contributed by atoms with E-state index in [1.54, 1.807) is 0 Å². The predicted octanol–water partition coefficient (Wildman–Crippen LogP) is 1.44. The molecule has 0 aromatic carbocycles. The Bertz CT molecular complexity index is 227. The highest BCUT2D eigenvalue weighted by Crippen LogP contribution is 2.23. The van der Waals surface area contributed by atoms with Gasteiger partial charge in [-0.15, -0.1) is 0 Å². The highest BCUT2D eigenvalue weighted by molar-refractivity contribution is 5.76. The van der Waals surface area contributed by atoms with Crippen LogP contribution in [0.25, 0.3) is 0 Å². The summed E-state index contributed by atoms with van der Waals surface area (Å²) in [7, 11) is 0. The summed E-state index contributed by atoms with van der Waals surface area (Å²) in [5.74, 6) is 0.720. The fraction of sp³-hybridized carbons (Fsp3) is 0.923. The first-order valence-electron chi connectivity index (χ1n) is 6.76. The SMILES string of the molecule is CCOC1CC(NC(=O)CCC(C)CCN)C1. The fourth-order valence-electron chi connectivity index (χ4n) is 2.16. The molecule has 0 heterocycles. The maximum Gasteiger partial charge on any atom is 0.220 e. The molecule has 1 atom stereocenters. The van der Waals surface area contributed by atoms with E-state index in [2.05, 4.69) is 12.2 Å². The summed E-state index contributed by atoms with van der Waals surface area (Å²) in [6.45, 7) is 5.63. The molecule has 0 aromatic heterocycles. The quantitative estimate of drug-likeness (QED) is 0.677. The Hall–Kier alpha value is -0.610. The maximum absolute atomic E-state index is 11.6. The molecule has 0 bridgehead atoms. The monoisotopic (exact) mass is 242 g/mol. The number of amides is 1. The van der Waals surface area contributed by atoms with Gasteiger partial charge in [0.25, 0.3) is 0 Å². The molecule has 1 fully saturated rings. The zero-order valence-electron chi connectivity index (χ0n) is 11.1. The Morgan fingerprint density at radius 3 is 2.76 bits per heavy atom. The number of hydrogen-bond donors (Lipinski definition) is 2. The van der Waals surface area contributed by atoms with Crippen molar-refractivity contribution in [3.05, 3.63) is 0 Å². The van der Waals surface area contributed by atoms with Crippen molar-refractivity contribution in [2.45, 2.75) is 58.1 Å². The van der Waals surface area contributed by atoms with Crippen LogP contribution in [0.1, 0.15) is 46.0 Å². The van der Waals surface area contributed by atoms with Crippen molar-refractivity contribution in [3.8, 4) is 0 Å². The first kappa shape index (κ1) is 14.5. The molecule has 1 aliphatic rings. The van der Waals surface area contributed by atoms with Gasteiger partial charge in [-0.2, -0.15) is 0 Å². The lowest BCUT2D eigenvalue weighted by Crippen LogP contribution is -2.47. The van der Waals surface area contributed by atoms with Gasteiger partial charge in [0.1, 0.15) is 0 Å². The van der Waals surface area contributed by atoms with Crippen LogP contribution in [0.2, 0.25) is 0 Å². The molecule has 0 saturated heterocycles. The van der Waals surface area contributed by atoms with E-state index < -0.39 is 0 Å². The van der Waals surface area contributed by atoms with Gasteiger partial charge in [-0.1, -0.05) is 6.92 Å². The molecule has 0 spiro atoms. The number of hydrogen-bond acceptors (Lipinski definition) is 3. The highest BCUT2D eigenvalue weighted by Gasteiger charge is 2.30. The number of carbonyl (C=O) groups is 1. The molecule has 1 saturated carbocycles. The fourth-order valence-corrected chi connectivity index (χ4v) is 2.16. The largest absolute Gasteiger partial charge is 0.378 e. The van der Waals surface area contributed by atoms with E-state index in [1.165, 1.54) is 0 Å². The van der Waals surface area contributed by atoms with Gasteiger partial charge in [0.15, 0.2) is 0 Å². The number of ether oxygens (including phenoxy) is 1. The molecule has 1 aliphatic carbocycles. The highest BCUT2D eigenvalue weighted by atomic mass is 16.5. The first-order valence-corrected chi connectivity index (χ1v) is 6.76. The normalized spacial score (nSPS) is 25.1. The summed E-state index contributed by atoms with van der Waals surface area (Å²) in [6, 6.07) is 0.337. The van der Waals surface area contributed by atoms with Gasteiger partial charge >= 0.3 is 0 Å². The molecule has 4 nitrogen and oxygen atoms in total. The third-order valence-corrected chi connectivity index (χ3v) is 3.39. The minimum atomic E-state index is 0.175. The van der Waals surface area contributed by atoms with Crippen LogP contribution >= 0.6 is 0 Å². The maximum atomic E-state index is 11.6. The second-order valence-electron chi connectivity index (χ2n) is 5.03. The van der Waals surface area contributed by atoms with Crippen LogP contribution in [0.15, 0.2) is 0 Å². The Kier molecular flexibility index (Phi) is 6.52. The van der Waals surface area contributed by atoms with E-state index in [4.69, 9.17) is 10.5 Å². The minimum Gasteiger partial charge on any atom is -0.378 e. The van der Waals surface area contributed by atoms with Crippen molar-refractivity contribution in [2.75, 3.05) is 13.2 Å². The molecule has 100 valence electrons. The predicted molar refractivity (Wildman–Crippen MR) is 68.6 cm³/mol. The third-order valence-electron chi connectivity index (χ3n) is 3.39. The van der Waals surface area contributed by atoms with E-state index in [1.807, 2.05) is 6.92 Å². The van der Waals surface area contributed by atoms with Gasteiger partial charge in [-0.05, 0) is 45.1 Å². The van der Waals surface area contributed by atoms with Crippen molar-refractivity contribution in [1.29, 1.82) is 0 Å². The summed E-state index contributed by atoms with van der Waals surface area (Å²) in [4.78, 5) is 11.6. The van der Waals surface area contributed by atoms with Gasteiger partial charge in [0, 0.05) is 19.1 Å². The molecule has 0 radical (unpaired) electrons. The van der Waals surface area contributed by atoms with Crippen LogP contribution in [0.3, 0.4) is 0 Å². The van der Waals surface area contributed by atoms with Crippen LogP contribution in [0.5, 0.6) is 0 Å². The van der Waals surface area contributed by atoms with E-state index in [9.17, 15) is 4.79 Å². The van der Waals surface area contributed by atoms with Crippen LogP contribution in [0.4, 0.5) is 0 Å². The van der Waals surface area contributed by atoms with E-state index in [-0.39, 0.29) is 5.91 Å². The van der Waals surface area contributed by atoms with Crippen molar-refractivity contribution in [1.82, 2.24) is 5.32 Å². The zero-order chi connectivity index (χ0) is 12.7. The van der Waals surface area contributed by atoms with Gasteiger partial charge in [-0.25, -0.2) is 0 Å². The topological polar surface area (TPSA) is 64.3 Å². The van der Waals surface area contributed by atoms with E-state index in [0.29, 0.717) is 31.0 Å². The second kappa shape index (κ2) is 7.67. The molecular formula is C13H26N2O2. The van der Waals surface area contributed by atoms with Crippen molar-refractivity contribution in [3.63, 3.8) is 0 Å². The minimum absolute atomic E-state index is 0.175. The van der Waals surface area contributed by atoms with Crippen LogP contribution < -0.4 is 11.1 Å². The Labute approximate surface area is 104 Å². The smallest absolute Gasteiger partial charge is 0.220 e. The molecule has 1 rings (SSSR count). The van der Waals surface area contributed by atoms with Crippen LogP contribution in [-0.4, -0.2) is 31.2 Å². The zero-order valence-corrected chi connectivity index (χ0v) is 11.1. The summed E-state index contributed by atoms with van der Waals surface area (Å²) >= 11 is 0. The molecule has 17 heavy (non-hydrogen) atoms. The Morgan fingerprint density at radius 1 is 1.47 bits per heavy atom. The number of rotatable bonds is 8. The molecule has 0 aromatic rings. The summed E-state index contributed by atoms with van der Waals surface area (Å²) < 4.78 is 5.45. The molecule has 3 N–H and O–H groups in total. The summed E-state index contributed by atoms with van der Waals surface area (Å²) in [5, 5.41) is 3.05. The number of carbonyl (C=O) groups excluding carboxylic acids is 1. The van der Waals surface area contributed by atoms with Crippen molar-refractivity contribution in [2.24, 2.45) is 11.7 Å². The molecule has 1 amide bonds. The Balaban J connectivity index is 2.03. The van der Waals surface area contributed by atoms with Crippen LogP contribution in [-0.2, 0) is 9.53 Å². The average molecular weight is 242 g/mol. The molecular weight excluding hydrogens is 216 g/mol. The lowest BCUT2D eigenvalue weighted by Gasteiger charge is -2.35. The molecule has 0 aliphatic heterocycles. The number of nitrogens with one attached hydrogen (secondary N) is 1. The van der Waals surface area contributed by atoms with Crippen LogP contribution in [0, 0.1) is 5.92 Å². The first-order chi connectivity index (χ1) is 8.15. The molecule has 4 heteroatoms. The lowest BCUT2D eigenvalue weighted by molar-refractivity contribution is -0.124. The van der Waals surface area contributed by atoms with Crippen molar-refractivity contribution >= 4 is 5.91 Å². The summed E-state index contributed by atoms with van der Waals surface area (Å²) in [6.07, 6.45) is 4.86. The molecule has 1 unspecified atom stereocenters. The van der Waals surface area contributed by atoms with Gasteiger partial charge in [0.05, 0.1) is 6.10 Å². The average Bonchev–Trinajstić information content (AvgIpc) is 2.24. The van der Waals surface area contributed by atoms with E-state index >= 15 is 0 Å². The summed E-state index contributed by atoms with van der Waals surface area (Å²) in [5.41, 5.74) is 5.48. The second-order valence-corrected chi connectivity index (χ2v) is 5.03. The number of nitrogens with two attached hydrogens (primary N) is 1. The van der Waals surface area contributed by atoms with Gasteiger partial charge < -0.3 is 15.8 Å². The third kappa shape index (κ3) is 5.50. The lowest BCUT2D eigenvalue weighted by atomic mass is 9.89. The van der Waals surface area contributed by atoms with E-state index in [0.717, 1.165) is 32.3 Å².